The fourth-order valence-electron chi connectivity index (χ4n) is 9.07. The topological polar surface area (TPSA) is 78.9 Å². The summed E-state index contributed by atoms with van der Waals surface area (Å²) in [5.41, 5.74) is 0. The first-order valence-corrected chi connectivity index (χ1v) is 32.2. The maximum Gasteiger partial charge on any atom is 0.306 e. The van der Waals surface area contributed by atoms with Crippen molar-refractivity contribution in [2.24, 2.45) is 0 Å². The molecular formula is C70H120O6. The van der Waals surface area contributed by atoms with Gasteiger partial charge in [-0.05, 0) is 96.3 Å². The third kappa shape index (κ3) is 61.2. The molecule has 0 saturated heterocycles. The minimum atomic E-state index is -0.796. The van der Waals surface area contributed by atoms with Crippen molar-refractivity contribution in [1.29, 1.82) is 0 Å². The lowest BCUT2D eigenvalue weighted by Crippen LogP contribution is -2.30. The van der Waals surface area contributed by atoms with Crippen LogP contribution >= 0.6 is 0 Å². The normalized spacial score (nSPS) is 12.7. The third-order valence-electron chi connectivity index (χ3n) is 13.8. The quantitative estimate of drug-likeness (QED) is 0.0261. The summed E-state index contributed by atoms with van der Waals surface area (Å²) in [5, 5.41) is 0. The van der Waals surface area contributed by atoms with Gasteiger partial charge in [-0.25, -0.2) is 0 Å². The fourth-order valence-corrected chi connectivity index (χ4v) is 9.07. The molecule has 0 aromatic rings. The largest absolute Gasteiger partial charge is 0.462 e. The number of carbonyl (C=O) groups excluding carboxylic acids is 3. The summed E-state index contributed by atoms with van der Waals surface area (Å²) >= 11 is 0. The Labute approximate surface area is 470 Å². The monoisotopic (exact) mass is 1060 g/mol. The summed E-state index contributed by atoms with van der Waals surface area (Å²) in [6.45, 7) is 6.42. The zero-order valence-electron chi connectivity index (χ0n) is 50.0. The molecule has 0 bridgehead atoms. The molecule has 0 fully saturated rings. The Morgan fingerprint density at radius 1 is 0.276 bits per heavy atom. The smallest absolute Gasteiger partial charge is 0.306 e. The molecule has 6 nitrogen and oxygen atoms in total. The molecule has 0 radical (unpaired) electrons. The first kappa shape index (κ1) is 72.3. The molecule has 0 aromatic carbocycles. The molecule has 6 heteroatoms. The van der Waals surface area contributed by atoms with Crippen molar-refractivity contribution in [2.75, 3.05) is 13.2 Å². The number of unbranched alkanes of at least 4 members (excludes halogenated alkanes) is 31. The maximum absolute atomic E-state index is 12.9. The van der Waals surface area contributed by atoms with Gasteiger partial charge in [0.25, 0.3) is 0 Å². The second-order valence-corrected chi connectivity index (χ2v) is 21.3. The van der Waals surface area contributed by atoms with Crippen molar-refractivity contribution in [3.63, 3.8) is 0 Å². The highest BCUT2D eigenvalue weighted by atomic mass is 16.6. The van der Waals surface area contributed by atoms with Gasteiger partial charge in [0.2, 0.25) is 0 Å². The van der Waals surface area contributed by atoms with E-state index < -0.39 is 6.10 Å². The van der Waals surface area contributed by atoms with Crippen LogP contribution in [0.1, 0.15) is 310 Å². The minimum absolute atomic E-state index is 0.0893. The van der Waals surface area contributed by atoms with Crippen molar-refractivity contribution in [3.05, 3.63) is 97.2 Å². The van der Waals surface area contributed by atoms with E-state index in [4.69, 9.17) is 14.2 Å². The van der Waals surface area contributed by atoms with Crippen LogP contribution in [0.2, 0.25) is 0 Å². The lowest BCUT2D eigenvalue weighted by molar-refractivity contribution is -0.167. The summed E-state index contributed by atoms with van der Waals surface area (Å²) < 4.78 is 16.9. The number of allylic oxidation sites excluding steroid dienone is 16. The number of hydrogen-bond acceptors (Lipinski definition) is 6. The molecule has 0 N–H and O–H groups in total. The predicted octanol–water partition coefficient (Wildman–Crippen LogP) is 22.0. The van der Waals surface area contributed by atoms with E-state index in [-0.39, 0.29) is 31.1 Å². The van der Waals surface area contributed by atoms with Gasteiger partial charge in [0.05, 0.1) is 0 Å². The fraction of sp³-hybridized carbons (Fsp3) is 0.729. The number of hydrogen-bond donors (Lipinski definition) is 0. The van der Waals surface area contributed by atoms with Gasteiger partial charge in [0.15, 0.2) is 6.10 Å². The molecule has 0 saturated carbocycles. The summed E-state index contributed by atoms with van der Waals surface area (Å²) in [4.78, 5) is 38.3. The maximum atomic E-state index is 12.9. The van der Waals surface area contributed by atoms with Crippen molar-refractivity contribution in [3.8, 4) is 0 Å². The van der Waals surface area contributed by atoms with Crippen LogP contribution in [-0.2, 0) is 28.6 Å². The highest BCUT2D eigenvalue weighted by molar-refractivity contribution is 5.71. The van der Waals surface area contributed by atoms with Crippen LogP contribution in [0, 0.1) is 0 Å². The Bertz CT molecular complexity index is 1490. The molecular weight excluding hydrogens is 937 g/mol. The lowest BCUT2D eigenvalue weighted by atomic mass is 10.0. The van der Waals surface area contributed by atoms with E-state index in [1.54, 1.807) is 0 Å². The van der Waals surface area contributed by atoms with E-state index in [2.05, 4.69) is 118 Å². The summed E-state index contributed by atoms with van der Waals surface area (Å²) in [5.74, 6) is -0.914. The Morgan fingerprint density at radius 2 is 0.513 bits per heavy atom. The molecule has 436 valence electrons. The van der Waals surface area contributed by atoms with E-state index in [1.165, 1.54) is 122 Å². The van der Waals surface area contributed by atoms with Crippen LogP contribution < -0.4 is 0 Å². The van der Waals surface area contributed by atoms with Gasteiger partial charge < -0.3 is 14.2 Å². The molecule has 0 rings (SSSR count). The van der Waals surface area contributed by atoms with Gasteiger partial charge in [0.1, 0.15) is 13.2 Å². The Kier molecular flexibility index (Phi) is 60.8. The molecule has 0 spiro atoms. The zero-order valence-corrected chi connectivity index (χ0v) is 50.0. The highest BCUT2D eigenvalue weighted by Gasteiger charge is 2.19. The number of carbonyl (C=O) groups is 3. The van der Waals surface area contributed by atoms with Crippen LogP contribution in [0.4, 0.5) is 0 Å². The van der Waals surface area contributed by atoms with E-state index in [0.29, 0.717) is 19.3 Å². The van der Waals surface area contributed by atoms with Gasteiger partial charge in [-0.2, -0.15) is 0 Å². The third-order valence-corrected chi connectivity index (χ3v) is 13.8. The van der Waals surface area contributed by atoms with Gasteiger partial charge in [-0.15, -0.1) is 0 Å². The molecule has 76 heavy (non-hydrogen) atoms. The van der Waals surface area contributed by atoms with E-state index >= 15 is 0 Å². The van der Waals surface area contributed by atoms with E-state index in [0.717, 1.165) is 148 Å². The van der Waals surface area contributed by atoms with Gasteiger partial charge in [-0.1, -0.05) is 291 Å². The molecule has 0 amide bonds. The van der Waals surface area contributed by atoms with Crippen molar-refractivity contribution >= 4 is 17.9 Å². The van der Waals surface area contributed by atoms with Gasteiger partial charge >= 0.3 is 17.9 Å². The predicted molar refractivity (Wildman–Crippen MR) is 330 cm³/mol. The zero-order chi connectivity index (χ0) is 55.0. The molecule has 1 atom stereocenters. The molecule has 1 unspecified atom stereocenters. The number of esters is 3. The van der Waals surface area contributed by atoms with E-state index in [9.17, 15) is 14.4 Å². The number of ether oxygens (including phenoxy) is 3. The standard InChI is InChI=1S/C70H120O6/c1-4-7-10-13-16-19-22-25-28-30-32-34-36-37-39-42-45-48-51-54-57-60-63-69(72)75-66-67(65-74-68(71)62-59-56-53-50-47-44-41-27-24-21-18-15-12-9-6-3)76-70(73)64-61-58-55-52-49-46-43-40-38-35-33-31-29-26-23-20-17-14-11-8-5-2/h8-9,11-12,17-18,20-21,26-27,29,33,35,40-41,43,67H,4-7,10,13-16,19,22-25,28,30-32,34,36-39,42,44-66H2,1-3H3/b11-8-,12-9-,20-17-,21-18-,29-26-,35-33-,41-27-,43-40-. The SMILES string of the molecule is CC/C=C\C/C=C\C/C=C\C/C=C\C/C=C\CCCCCCCC(=O)OC(COC(=O)CCCCCCC/C=C\C/C=C\C/C=C\CC)COC(=O)CCCCCCCCCCCCCCCCCCCCCCCC. The Balaban J connectivity index is 4.39. The first-order valence-electron chi connectivity index (χ1n) is 32.2. The highest BCUT2D eigenvalue weighted by Crippen LogP contribution is 2.17. The first-order chi connectivity index (χ1) is 37.5. The van der Waals surface area contributed by atoms with Crippen LogP contribution in [0.5, 0.6) is 0 Å². The average molecular weight is 1060 g/mol. The molecule has 0 aromatic heterocycles. The minimum Gasteiger partial charge on any atom is -0.462 e. The van der Waals surface area contributed by atoms with Crippen molar-refractivity contribution < 1.29 is 28.6 Å². The van der Waals surface area contributed by atoms with Crippen molar-refractivity contribution in [1.82, 2.24) is 0 Å². The van der Waals surface area contributed by atoms with Gasteiger partial charge in [0, 0.05) is 19.3 Å². The Hall–Kier alpha value is -3.67. The van der Waals surface area contributed by atoms with Crippen LogP contribution in [-0.4, -0.2) is 37.2 Å². The second-order valence-electron chi connectivity index (χ2n) is 21.3. The van der Waals surface area contributed by atoms with Crippen LogP contribution in [0.25, 0.3) is 0 Å². The number of rotatable bonds is 58. The average Bonchev–Trinajstić information content (AvgIpc) is 3.42. The lowest BCUT2D eigenvalue weighted by Gasteiger charge is -2.18. The second kappa shape index (κ2) is 63.9. The summed E-state index contributed by atoms with van der Waals surface area (Å²) in [6, 6.07) is 0. The molecule has 0 aliphatic heterocycles. The van der Waals surface area contributed by atoms with Crippen LogP contribution in [0.15, 0.2) is 97.2 Å². The Morgan fingerprint density at radius 3 is 0.803 bits per heavy atom. The molecule has 0 aliphatic rings. The summed E-state index contributed by atoms with van der Waals surface area (Å²) in [6.07, 6.45) is 85.6. The van der Waals surface area contributed by atoms with E-state index in [1.807, 2.05) is 0 Å². The van der Waals surface area contributed by atoms with Crippen molar-refractivity contribution in [2.45, 2.75) is 316 Å². The van der Waals surface area contributed by atoms with Gasteiger partial charge in [-0.3, -0.25) is 14.4 Å². The summed E-state index contributed by atoms with van der Waals surface area (Å²) in [7, 11) is 0. The van der Waals surface area contributed by atoms with Crippen LogP contribution in [0.3, 0.4) is 0 Å². The molecule has 0 aliphatic carbocycles. The molecule has 0 heterocycles.